The fraction of sp³-hybridized carbons (Fsp3) is 0.345. The lowest BCUT2D eigenvalue weighted by Crippen LogP contribution is -2.41. The number of nitrogens with one attached hydrogen (secondary N) is 1. The summed E-state index contributed by atoms with van der Waals surface area (Å²) in [4.78, 5) is 68.0. The number of benzene rings is 1. The van der Waals surface area contributed by atoms with E-state index in [1.807, 2.05) is 34.5 Å². The molecule has 4 aromatic rings. The number of amides is 1. The number of hydrogen-bond donors (Lipinski definition) is 8. The fourth-order valence-electron chi connectivity index (χ4n) is 4.74. The Kier molecular flexibility index (Phi) is 12.3. The van der Waals surface area contributed by atoms with Gasteiger partial charge in [0, 0.05) is 37.3 Å². The van der Waals surface area contributed by atoms with E-state index in [0.29, 0.717) is 27.0 Å². The number of fused-ring (bicyclic) bond motifs is 1. The maximum absolute atomic E-state index is 12.4. The average Bonchev–Trinajstić information content (AvgIpc) is 3.45. The van der Waals surface area contributed by atoms with Crippen LogP contribution >= 0.6 is 22.6 Å². The van der Waals surface area contributed by atoms with Crippen LogP contribution in [0.1, 0.15) is 41.5 Å². The van der Waals surface area contributed by atoms with Crippen LogP contribution in [0.15, 0.2) is 41.5 Å². The number of rotatable bonds is 11. The standard InChI is InChI=1S/C20H22N8O5.C9H12IN3O4/c1-28(9-11-8-23-17-15(24-11)16(21)26-20(22)27-17)12-4-2-10(3-5-12)18(31)25-13(19(32)33)6-7-14(29)30;10-4-2-13(9(16)12-8(4)11)7-1-5(15)6(3-14)17-7/h2-5,8,13H,6-7,9H2,1H3,(H,25,31)(H,29,30)(H,32,33)(H4,21,22,23,26,27);2,5-7,14-15H,1,3H2,(H2,11,12,16)/t13-;5-,6+,7+/m00/s1. The number of nitrogen functional groups attached to an aromatic ring is 3. The molecule has 0 radical (unpaired) electrons. The van der Waals surface area contributed by atoms with Crippen molar-refractivity contribution in [1.82, 2.24) is 34.8 Å². The summed E-state index contributed by atoms with van der Waals surface area (Å²) in [6.45, 7) is 0.0838. The summed E-state index contributed by atoms with van der Waals surface area (Å²) < 4.78 is 7.27. The summed E-state index contributed by atoms with van der Waals surface area (Å²) >= 11 is 1.96. The van der Waals surface area contributed by atoms with Crippen molar-refractivity contribution in [2.45, 2.75) is 50.3 Å². The van der Waals surface area contributed by atoms with E-state index in [0.717, 1.165) is 5.69 Å². The van der Waals surface area contributed by atoms with Crippen molar-refractivity contribution in [1.29, 1.82) is 0 Å². The minimum absolute atomic E-state index is 0.0138. The molecule has 1 aromatic carbocycles. The minimum Gasteiger partial charge on any atom is -0.481 e. The Morgan fingerprint density at radius 2 is 1.80 bits per heavy atom. The number of carbonyl (C=O) groups is 3. The van der Waals surface area contributed by atoms with Crippen LogP contribution < -0.4 is 33.1 Å². The summed E-state index contributed by atoms with van der Waals surface area (Å²) in [6.07, 6.45) is 0.673. The molecule has 0 saturated carbocycles. The third-order valence-corrected chi connectivity index (χ3v) is 8.18. The highest BCUT2D eigenvalue weighted by Crippen LogP contribution is 2.28. The van der Waals surface area contributed by atoms with Gasteiger partial charge in [-0.25, -0.2) is 19.6 Å². The van der Waals surface area contributed by atoms with Gasteiger partial charge in [0.2, 0.25) is 5.95 Å². The van der Waals surface area contributed by atoms with Gasteiger partial charge in [-0.05, 0) is 53.3 Å². The number of nitrogens with zero attached hydrogens (tertiary/aromatic N) is 7. The molecule has 1 amide bonds. The van der Waals surface area contributed by atoms with Crippen LogP contribution in [0, 0.1) is 3.57 Å². The second-order valence-electron chi connectivity index (χ2n) is 11.0. The molecule has 4 atom stereocenters. The van der Waals surface area contributed by atoms with Crippen molar-refractivity contribution in [3.05, 3.63) is 62.0 Å². The third-order valence-electron chi connectivity index (χ3n) is 7.35. The molecule has 1 fully saturated rings. The number of aliphatic hydroxyl groups is 2. The van der Waals surface area contributed by atoms with Crippen LogP contribution in [0.3, 0.4) is 0 Å². The molecule has 21 heteroatoms. The van der Waals surface area contributed by atoms with Gasteiger partial charge in [0.15, 0.2) is 17.0 Å². The summed E-state index contributed by atoms with van der Waals surface area (Å²) in [7, 11) is 1.82. The van der Waals surface area contributed by atoms with Crippen molar-refractivity contribution < 1.29 is 39.5 Å². The maximum Gasteiger partial charge on any atom is 0.351 e. The maximum atomic E-state index is 12.4. The Hall–Kier alpha value is -5.26. The number of halogens is 1. The number of carbonyl (C=O) groups excluding carboxylic acids is 1. The molecule has 20 nitrogen and oxygen atoms in total. The Morgan fingerprint density at radius 1 is 1.10 bits per heavy atom. The number of anilines is 4. The van der Waals surface area contributed by atoms with Crippen LogP contribution in [0.5, 0.6) is 0 Å². The molecule has 50 heavy (non-hydrogen) atoms. The Balaban J connectivity index is 0.000000276. The van der Waals surface area contributed by atoms with Gasteiger partial charge in [0.1, 0.15) is 24.2 Å². The van der Waals surface area contributed by atoms with Gasteiger partial charge in [-0.3, -0.25) is 14.2 Å². The molecule has 0 bridgehead atoms. The fourth-order valence-corrected chi connectivity index (χ4v) is 5.16. The number of hydrogen-bond acceptors (Lipinski definition) is 16. The normalized spacial score (nSPS) is 17.4. The van der Waals surface area contributed by atoms with Crippen molar-refractivity contribution in [3.63, 3.8) is 0 Å². The molecule has 1 aliphatic rings. The van der Waals surface area contributed by atoms with Crippen LogP contribution in [-0.4, -0.2) is 99.7 Å². The molecule has 266 valence electrons. The predicted molar refractivity (Wildman–Crippen MR) is 186 cm³/mol. The van der Waals surface area contributed by atoms with E-state index >= 15 is 0 Å². The topological polar surface area (TPSA) is 321 Å². The first-order valence-corrected chi connectivity index (χ1v) is 15.8. The zero-order valence-corrected chi connectivity index (χ0v) is 28.5. The second kappa shape index (κ2) is 16.4. The molecule has 1 aliphatic heterocycles. The largest absolute Gasteiger partial charge is 0.481 e. The third kappa shape index (κ3) is 9.46. The zero-order chi connectivity index (χ0) is 36.7. The summed E-state index contributed by atoms with van der Waals surface area (Å²) in [5, 5.41) is 38.8. The molecule has 3 aromatic heterocycles. The average molecular weight is 808 g/mol. The summed E-state index contributed by atoms with van der Waals surface area (Å²) in [5.74, 6) is -2.74. The lowest BCUT2D eigenvalue weighted by molar-refractivity contribution is -0.140. The van der Waals surface area contributed by atoms with Crippen LogP contribution in [0.25, 0.3) is 11.2 Å². The molecular formula is C29H34IN11O9. The number of aliphatic hydroxyl groups excluding tert-OH is 2. The molecule has 11 N–H and O–H groups in total. The van der Waals surface area contributed by atoms with Crippen molar-refractivity contribution in [2.75, 3.05) is 35.8 Å². The smallest absolute Gasteiger partial charge is 0.351 e. The van der Waals surface area contributed by atoms with Gasteiger partial charge in [0.25, 0.3) is 5.91 Å². The molecule has 4 heterocycles. The van der Waals surface area contributed by atoms with Crippen LogP contribution in [-0.2, 0) is 20.9 Å². The first kappa shape index (κ1) is 37.6. The highest BCUT2D eigenvalue weighted by atomic mass is 127. The molecule has 0 aliphatic carbocycles. The van der Waals surface area contributed by atoms with Gasteiger partial charge in [-0.15, -0.1) is 0 Å². The molecular weight excluding hydrogens is 773 g/mol. The molecule has 5 rings (SSSR count). The van der Waals surface area contributed by atoms with Crippen LogP contribution in [0.4, 0.5) is 23.3 Å². The van der Waals surface area contributed by atoms with Gasteiger partial charge in [0.05, 0.1) is 34.7 Å². The lowest BCUT2D eigenvalue weighted by Gasteiger charge is -2.19. The van der Waals surface area contributed by atoms with E-state index in [9.17, 15) is 29.4 Å². The van der Waals surface area contributed by atoms with Crippen LogP contribution in [0.2, 0.25) is 0 Å². The van der Waals surface area contributed by atoms with E-state index in [-0.39, 0.29) is 49.0 Å². The van der Waals surface area contributed by atoms with E-state index in [1.54, 1.807) is 18.3 Å². The van der Waals surface area contributed by atoms with Gasteiger partial charge in [-0.2, -0.15) is 15.0 Å². The lowest BCUT2D eigenvalue weighted by atomic mass is 10.1. The quantitative estimate of drug-likeness (QED) is 0.0872. The Morgan fingerprint density at radius 3 is 2.42 bits per heavy atom. The molecule has 0 spiro atoms. The van der Waals surface area contributed by atoms with Crippen molar-refractivity contribution in [3.8, 4) is 0 Å². The van der Waals surface area contributed by atoms with Gasteiger partial charge in [-0.1, -0.05) is 0 Å². The SMILES string of the molecule is CN(Cc1cnc2nc(N)nc(N)c2n1)c1ccc(C(=O)N[C@@H](CCC(=O)O)C(=O)O)cc1.Nc1nc(=O)n([C@H]2C[C@H](O)[C@@H](CO)O2)cc1I. The number of ether oxygens (including phenoxy) is 1. The molecule has 1 saturated heterocycles. The van der Waals surface area contributed by atoms with Crippen molar-refractivity contribution in [2.24, 2.45) is 0 Å². The van der Waals surface area contributed by atoms with E-state index in [4.69, 9.17) is 32.2 Å². The number of carboxylic acid groups (broad SMARTS) is 2. The predicted octanol–water partition coefficient (Wildman–Crippen LogP) is -0.661. The van der Waals surface area contributed by atoms with Crippen molar-refractivity contribution >= 4 is 74.9 Å². The number of aromatic nitrogens is 6. The monoisotopic (exact) mass is 807 g/mol. The zero-order valence-electron chi connectivity index (χ0n) is 26.4. The Labute approximate surface area is 296 Å². The van der Waals surface area contributed by atoms with Gasteiger partial charge >= 0.3 is 17.6 Å². The first-order chi connectivity index (χ1) is 23.7. The Bertz CT molecular complexity index is 1930. The van der Waals surface area contributed by atoms with E-state index in [1.165, 1.54) is 22.9 Å². The highest BCUT2D eigenvalue weighted by Gasteiger charge is 2.35. The second-order valence-corrected chi connectivity index (χ2v) is 12.1. The molecule has 0 unspecified atom stereocenters. The summed E-state index contributed by atoms with van der Waals surface area (Å²) in [5.41, 5.74) is 18.6. The van der Waals surface area contributed by atoms with E-state index < -0.39 is 48.0 Å². The number of nitrogens with two attached hydrogens (primary N) is 3. The first-order valence-electron chi connectivity index (χ1n) is 14.8. The number of carboxylic acids is 2. The number of aliphatic carboxylic acids is 2. The van der Waals surface area contributed by atoms with Gasteiger partial charge < -0.3 is 52.6 Å². The van der Waals surface area contributed by atoms with E-state index in [2.05, 4.69) is 30.2 Å². The highest BCUT2D eigenvalue weighted by molar-refractivity contribution is 14.1. The minimum atomic E-state index is -1.30. The summed E-state index contributed by atoms with van der Waals surface area (Å²) in [6, 6.07) is 5.16.